The topological polar surface area (TPSA) is 136 Å². The van der Waals surface area contributed by atoms with Crippen LogP contribution in [0.25, 0.3) is 0 Å². The lowest BCUT2D eigenvalue weighted by Crippen LogP contribution is -2.44. The Kier molecular flexibility index (Phi) is 12.1. The molecule has 2 aromatic rings. The summed E-state index contributed by atoms with van der Waals surface area (Å²) in [5.74, 6) is -3.89. The highest BCUT2D eigenvalue weighted by atomic mass is 16.7. The Morgan fingerprint density at radius 1 is 0.927 bits per heavy atom. The van der Waals surface area contributed by atoms with Crippen molar-refractivity contribution in [2.45, 2.75) is 46.5 Å². The first-order valence-corrected chi connectivity index (χ1v) is 13.5. The molecule has 220 valence electrons. The normalized spacial score (nSPS) is 16.9. The largest absolute Gasteiger partial charge is 0.465 e. The van der Waals surface area contributed by atoms with Crippen molar-refractivity contribution in [3.63, 3.8) is 0 Å². The number of esters is 2. The van der Waals surface area contributed by atoms with E-state index in [1.165, 1.54) is 18.2 Å². The molecule has 0 aromatic heterocycles. The van der Waals surface area contributed by atoms with Crippen LogP contribution in [0.5, 0.6) is 0 Å². The van der Waals surface area contributed by atoms with Gasteiger partial charge in [0, 0.05) is 36.5 Å². The summed E-state index contributed by atoms with van der Waals surface area (Å²) >= 11 is 0. The van der Waals surface area contributed by atoms with E-state index in [1.54, 1.807) is 33.8 Å². The summed E-state index contributed by atoms with van der Waals surface area (Å²) in [5, 5.41) is 12.1. The van der Waals surface area contributed by atoms with Gasteiger partial charge in [-0.25, -0.2) is 4.79 Å². The molecular formula is C30H36N2O9. The van der Waals surface area contributed by atoms with Crippen molar-refractivity contribution in [1.82, 2.24) is 0 Å². The molecule has 11 nitrogen and oxygen atoms in total. The highest BCUT2D eigenvalue weighted by Gasteiger charge is 2.48. The fourth-order valence-corrected chi connectivity index (χ4v) is 4.66. The van der Waals surface area contributed by atoms with E-state index in [9.17, 15) is 19.7 Å². The molecule has 0 saturated carbocycles. The van der Waals surface area contributed by atoms with Gasteiger partial charge in [0.1, 0.15) is 12.5 Å². The number of nitrogens with zero attached hydrogens (tertiary/aromatic N) is 2. The standard InChI is InChI=1S/C30H36N2O9/c1-5-38-29(34)26-25(22-15-11-12-16-23(22)32(35)36)24(20(4)31-27(26)30(39-6-2)40-7-3)28(33)41-18-17-37-19-21-13-9-8-10-14-21/h8-16,25-26,30H,5-7,17-19H2,1-4H3. The van der Waals surface area contributed by atoms with Gasteiger partial charge < -0.3 is 23.7 Å². The van der Waals surface area contributed by atoms with Crippen LogP contribution in [0, 0.1) is 16.0 Å². The number of benzene rings is 2. The molecule has 1 heterocycles. The molecule has 1 aliphatic heterocycles. The number of hydrogen-bond donors (Lipinski definition) is 0. The van der Waals surface area contributed by atoms with Crippen molar-refractivity contribution in [3.8, 4) is 0 Å². The van der Waals surface area contributed by atoms with Gasteiger partial charge in [-0.3, -0.25) is 19.9 Å². The highest BCUT2D eigenvalue weighted by Crippen LogP contribution is 2.44. The molecule has 41 heavy (non-hydrogen) atoms. The average molecular weight is 569 g/mol. The maximum absolute atomic E-state index is 13.6. The van der Waals surface area contributed by atoms with Crippen molar-refractivity contribution < 1.29 is 38.2 Å². The molecule has 0 saturated heterocycles. The monoisotopic (exact) mass is 568 g/mol. The second-order valence-corrected chi connectivity index (χ2v) is 8.98. The van der Waals surface area contributed by atoms with E-state index in [2.05, 4.69) is 4.99 Å². The molecule has 0 spiro atoms. The van der Waals surface area contributed by atoms with Gasteiger partial charge in [0.05, 0.1) is 36.0 Å². The summed E-state index contributed by atoms with van der Waals surface area (Å²) in [6.45, 7) is 7.68. The number of hydrogen-bond acceptors (Lipinski definition) is 10. The Balaban J connectivity index is 2.02. The summed E-state index contributed by atoms with van der Waals surface area (Å²) in [4.78, 5) is 43.2. The van der Waals surface area contributed by atoms with Crippen LogP contribution < -0.4 is 0 Å². The third-order valence-electron chi connectivity index (χ3n) is 6.33. The van der Waals surface area contributed by atoms with Crippen molar-refractivity contribution in [2.24, 2.45) is 10.9 Å². The Hall–Kier alpha value is -3.93. The van der Waals surface area contributed by atoms with E-state index in [0.717, 1.165) is 5.56 Å². The van der Waals surface area contributed by atoms with Gasteiger partial charge in [0.2, 0.25) is 0 Å². The summed E-state index contributed by atoms with van der Waals surface area (Å²) in [6.07, 6.45) is -1.04. The minimum absolute atomic E-state index is 0.0101. The zero-order valence-corrected chi connectivity index (χ0v) is 23.7. The molecule has 3 rings (SSSR count). The van der Waals surface area contributed by atoms with Gasteiger partial charge >= 0.3 is 11.9 Å². The van der Waals surface area contributed by atoms with Crippen LogP contribution in [-0.4, -0.2) is 61.9 Å². The molecule has 0 radical (unpaired) electrons. The molecule has 1 aliphatic rings. The molecule has 2 unspecified atom stereocenters. The fraction of sp³-hybridized carbons (Fsp3) is 0.433. The molecule has 0 aliphatic carbocycles. The smallest absolute Gasteiger partial charge is 0.336 e. The molecule has 11 heteroatoms. The third kappa shape index (κ3) is 8.06. The van der Waals surface area contributed by atoms with Crippen molar-refractivity contribution in [1.29, 1.82) is 0 Å². The van der Waals surface area contributed by atoms with Crippen molar-refractivity contribution >= 4 is 23.3 Å². The quantitative estimate of drug-likeness (QED) is 0.0980. The minimum Gasteiger partial charge on any atom is -0.465 e. The lowest BCUT2D eigenvalue weighted by Gasteiger charge is -2.34. The summed E-state index contributed by atoms with van der Waals surface area (Å²) in [7, 11) is 0. The number of rotatable bonds is 15. The number of ether oxygens (including phenoxy) is 5. The predicted molar refractivity (Wildman–Crippen MR) is 150 cm³/mol. The van der Waals surface area contributed by atoms with E-state index in [4.69, 9.17) is 23.7 Å². The zero-order chi connectivity index (χ0) is 29.8. The van der Waals surface area contributed by atoms with Gasteiger partial charge in [-0.05, 0) is 33.3 Å². The average Bonchev–Trinajstić information content (AvgIpc) is 2.96. The van der Waals surface area contributed by atoms with E-state index >= 15 is 0 Å². The number of carbonyl (C=O) groups is 2. The van der Waals surface area contributed by atoms with Crippen LogP contribution in [0.15, 0.2) is 70.9 Å². The Morgan fingerprint density at radius 3 is 2.22 bits per heavy atom. The van der Waals surface area contributed by atoms with Gasteiger partial charge in [-0.2, -0.15) is 0 Å². The number of allylic oxidation sites excluding steroid dienone is 1. The Labute approximate surface area is 239 Å². The number of nitro benzene ring substituents is 1. The molecule has 0 N–H and O–H groups in total. The summed E-state index contributed by atoms with van der Waals surface area (Å²) in [6, 6.07) is 15.5. The van der Waals surface area contributed by atoms with Gasteiger partial charge in [-0.1, -0.05) is 48.5 Å². The van der Waals surface area contributed by atoms with Gasteiger partial charge in [0.25, 0.3) is 5.69 Å². The van der Waals surface area contributed by atoms with Crippen LogP contribution in [0.3, 0.4) is 0 Å². The number of carbonyl (C=O) groups excluding carboxylic acids is 2. The summed E-state index contributed by atoms with van der Waals surface area (Å²) < 4.78 is 28.1. The van der Waals surface area contributed by atoms with E-state index in [-0.39, 0.29) is 61.3 Å². The third-order valence-corrected chi connectivity index (χ3v) is 6.33. The number of para-hydroxylation sites is 1. The molecule has 0 fully saturated rings. The maximum atomic E-state index is 13.6. The minimum atomic E-state index is -1.25. The maximum Gasteiger partial charge on any atom is 0.336 e. The molecule has 0 bridgehead atoms. The van der Waals surface area contributed by atoms with E-state index < -0.39 is 35.0 Å². The number of aliphatic imine (C=N–C) groups is 1. The van der Waals surface area contributed by atoms with Crippen LogP contribution in [0.1, 0.15) is 44.7 Å². The van der Waals surface area contributed by atoms with Crippen LogP contribution in [-0.2, 0) is 39.9 Å². The lowest BCUT2D eigenvalue weighted by molar-refractivity contribution is -0.385. The van der Waals surface area contributed by atoms with Crippen LogP contribution in [0.4, 0.5) is 5.69 Å². The van der Waals surface area contributed by atoms with E-state index in [0.29, 0.717) is 6.61 Å². The fourth-order valence-electron chi connectivity index (χ4n) is 4.66. The molecule has 0 amide bonds. The first-order chi connectivity index (χ1) is 19.8. The highest BCUT2D eigenvalue weighted by molar-refractivity contribution is 6.09. The lowest BCUT2D eigenvalue weighted by atomic mass is 9.74. The van der Waals surface area contributed by atoms with Crippen molar-refractivity contribution in [3.05, 3.63) is 87.1 Å². The predicted octanol–water partition coefficient (Wildman–Crippen LogP) is 4.75. The van der Waals surface area contributed by atoms with Crippen LogP contribution >= 0.6 is 0 Å². The summed E-state index contributed by atoms with van der Waals surface area (Å²) in [5.41, 5.74) is 1.25. The second kappa shape index (κ2) is 15.8. The first kappa shape index (κ1) is 31.6. The Bertz CT molecular complexity index is 1250. The SMILES string of the molecule is CCOC(=O)C1C(C(OCC)OCC)=NC(C)=C(C(=O)OCCOCc2ccccc2)C1c1ccccc1[N+](=O)[O-]. The van der Waals surface area contributed by atoms with Gasteiger partial charge in [0.15, 0.2) is 6.29 Å². The zero-order valence-electron chi connectivity index (χ0n) is 23.7. The first-order valence-electron chi connectivity index (χ1n) is 13.5. The van der Waals surface area contributed by atoms with E-state index in [1.807, 2.05) is 30.3 Å². The molecule has 2 atom stereocenters. The Morgan fingerprint density at radius 2 is 1.59 bits per heavy atom. The van der Waals surface area contributed by atoms with Crippen molar-refractivity contribution in [2.75, 3.05) is 33.0 Å². The number of nitro groups is 1. The van der Waals surface area contributed by atoms with Gasteiger partial charge in [-0.15, -0.1) is 0 Å². The second-order valence-electron chi connectivity index (χ2n) is 8.98. The molecule has 2 aromatic carbocycles. The van der Waals surface area contributed by atoms with Crippen LogP contribution in [0.2, 0.25) is 0 Å². The molecular weight excluding hydrogens is 532 g/mol.